The SMILES string of the molecule is CCNc1nsnc1C1CC1. The molecule has 60 valence electrons. The zero-order valence-electron chi connectivity index (χ0n) is 6.50. The second-order valence-corrected chi connectivity index (χ2v) is 3.33. The molecule has 0 aliphatic heterocycles. The average Bonchev–Trinajstić information content (AvgIpc) is 2.75. The summed E-state index contributed by atoms with van der Waals surface area (Å²) in [4.78, 5) is 0. The van der Waals surface area contributed by atoms with Crippen LogP contribution in [0.3, 0.4) is 0 Å². The van der Waals surface area contributed by atoms with Gasteiger partial charge < -0.3 is 5.32 Å². The normalized spacial score (nSPS) is 16.8. The molecule has 0 bridgehead atoms. The number of nitrogens with zero attached hydrogens (tertiary/aromatic N) is 2. The molecule has 1 saturated carbocycles. The van der Waals surface area contributed by atoms with Gasteiger partial charge in [-0.1, -0.05) is 0 Å². The van der Waals surface area contributed by atoms with Crippen LogP contribution in [-0.4, -0.2) is 15.3 Å². The van der Waals surface area contributed by atoms with E-state index in [0.717, 1.165) is 12.4 Å². The van der Waals surface area contributed by atoms with Crippen LogP contribution in [0.2, 0.25) is 0 Å². The van der Waals surface area contributed by atoms with Crippen LogP contribution in [0.4, 0.5) is 5.82 Å². The fourth-order valence-corrected chi connectivity index (χ4v) is 1.71. The monoisotopic (exact) mass is 169 g/mol. The Morgan fingerprint density at radius 3 is 3.00 bits per heavy atom. The molecular weight excluding hydrogens is 158 g/mol. The van der Waals surface area contributed by atoms with Gasteiger partial charge in [-0.3, -0.25) is 0 Å². The summed E-state index contributed by atoms with van der Waals surface area (Å²) in [5.74, 6) is 1.72. The lowest BCUT2D eigenvalue weighted by Crippen LogP contribution is -1.99. The van der Waals surface area contributed by atoms with Gasteiger partial charge in [-0.2, -0.15) is 8.75 Å². The molecule has 0 saturated heterocycles. The molecule has 0 aromatic carbocycles. The standard InChI is InChI=1S/C7H11N3S/c1-2-8-7-6(5-3-4-5)9-11-10-7/h5H,2-4H2,1H3,(H,8,10). The zero-order chi connectivity index (χ0) is 7.68. The Labute approximate surface area is 70.2 Å². The van der Waals surface area contributed by atoms with Crippen molar-refractivity contribution in [3.8, 4) is 0 Å². The molecule has 1 fully saturated rings. The molecule has 3 nitrogen and oxygen atoms in total. The summed E-state index contributed by atoms with van der Waals surface area (Å²) in [6.07, 6.45) is 2.59. The Hall–Kier alpha value is -0.640. The Morgan fingerprint density at radius 2 is 2.36 bits per heavy atom. The average molecular weight is 169 g/mol. The molecule has 4 heteroatoms. The number of hydrogen-bond donors (Lipinski definition) is 1. The third-order valence-electron chi connectivity index (χ3n) is 1.82. The van der Waals surface area contributed by atoms with E-state index in [9.17, 15) is 0 Å². The first-order valence-electron chi connectivity index (χ1n) is 3.98. The third kappa shape index (κ3) is 1.35. The van der Waals surface area contributed by atoms with Gasteiger partial charge in [-0.15, -0.1) is 0 Å². The van der Waals surface area contributed by atoms with Gasteiger partial charge in [0.15, 0.2) is 5.82 Å². The molecule has 1 aromatic heterocycles. The highest BCUT2D eigenvalue weighted by atomic mass is 32.1. The quantitative estimate of drug-likeness (QED) is 0.750. The summed E-state index contributed by atoms with van der Waals surface area (Å²) in [5.41, 5.74) is 1.19. The molecule has 0 atom stereocenters. The molecule has 0 amide bonds. The van der Waals surface area contributed by atoms with Crippen molar-refractivity contribution in [1.82, 2.24) is 8.75 Å². The van der Waals surface area contributed by atoms with Crippen LogP contribution in [0.5, 0.6) is 0 Å². The predicted octanol–water partition coefficient (Wildman–Crippen LogP) is 1.85. The van der Waals surface area contributed by atoms with Crippen molar-refractivity contribution < 1.29 is 0 Å². The summed E-state index contributed by atoms with van der Waals surface area (Å²) >= 11 is 1.31. The molecule has 0 radical (unpaired) electrons. The number of hydrogen-bond acceptors (Lipinski definition) is 4. The Bertz CT molecular complexity index is 242. The second-order valence-electron chi connectivity index (χ2n) is 2.80. The molecule has 11 heavy (non-hydrogen) atoms. The molecular formula is C7H11N3S. The van der Waals surface area contributed by atoms with E-state index in [4.69, 9.17) is 0 Å². The van der Waals surface area contributed by atoms with Gasteiger partial charge in [0.25, 0.3) is 0 Å². The van der Waals surface area contributed by atoms with E-state index in [2.05, 4.69) is 21.0 Å². The molecule has 1 aliphatic carbocycles. The van der Waals surface area contributed by atoms with E-state index in [0.29, 0.717) is 5.92 Å². The van der Waals surface area contributed by atoms with Gasteiger partial charge in [0.1, 0.15) is 5.69 Å². The van der Waals surface area contributed by atoms with Gasteiger partial charge in [0.2, 0.25) is 0 Å². The fourth-order valence-electron chi connectivity index (χ4n) is 1.11. The lowest BCUT2D eigenvalue weighted by atomic mass is 10.3. The van der Waals surface area contributed by atoms with Crippen LogP contribution in [0.25, 0.3) is 0 Å². The van der Waals surface area contributed by atoms with E-state index >= 15 is 0 Å². The van der Waals surface area contributed by atoms with Gasteiger partial charge in [-0.05, 0) is 19.8 Å². The topological polar surface area (TPSA) is 37.8 Å². The van der Waals surface area contributed by atoms with Crippen molar-refractivity contribution in [2.45, 2.75) is 25.7 Å². The highest BCUT2D eigenvalue weighted by Gasteiger charge is 2.29. The van der Waals surface area contributed by atoms with Crippen LogP contribution in [-0.2, 0) is 0 Å². The summed E-state index contributed by atoms with van der Waals surface area (Å²) in [7, 11) is 0. The first-order valence-corrected chi connectivity index (χ1v) is 4.71. The molecule has 0 spiro atoms. The Balaban J connectivity index is 2.16. The van der Waals surface area contributed by atoms with Crippen molar-refractivity contribution in [3.05, 3.63) is 5.69 Å². The summed E-state index contributed by atoms with van der Waals surface area (Å²) < 4.78 is 8.45. The van der Waals surface area contributed by atoms with Gasteiger partial charge in [-0.25, -0.2) is 0 Å². The van der Waals surface area contributed by atoms with E-state index in [1.165, 1.54) is 30.3 Å². The summed E-state index contributed by atoms with van der Waals surface area (Å²) in [6.45, 7) is 3.02. The van der Waals surface area contributed by atoms with Crippen molar-refractivity contribution in [3.63, 3.8) is 0 Å². The van der Waals surface area contributed by atoms with E-state index in [-0.39, 0.29) is 0 Å². The van der Waals surface area contributed by atoms with Gasteiger partial charge >= 0.3 is 0 Å². The molecule has 1 heterocycles. The number of aromatic nitrogens is 2. The minimum atomic E-state index is 0.711. The van der Waals surface area contributed by atoms with Crippen molar-refractivity contribution in [2.75, 3.05) is 11.9 Å². The molecule has 2 rings (SSSR count). The number of nitrogens with one attached hydrogen (secondary N) is 1. The molecule has 1 aromatic rings. The number of anilines is 1. The lowest BCUT2D eigenvalue weighted by Gasteiger charge is -1.98. The number of rotatable bonds is 3. The molecule has 1 N–H and O–H groups in total. The highest BCUT2D eigenvalue weighted by Crippen LogP contribution is 2.42. The maximum absolute atomic E-state index is 4.26. The van der Waals surface area contributed by atoms with Crippen LogP contribution >= 0.6 is 11.7 Å². The van der Waals surface area contributed by atoms with E-state index in [1.807, 2.05) is 0 Å². The van der Waals surface area contributed by atoms with Gasteiger partial charge in [0.05, 0.1) is 11.7 Å². The second kappa shape index (κ2) is 2.77. The van der Waals surface area contributed by atoms with Crippen molar-refractivity contribution in [1.29, 1.82) is 0 Å². The van der Waals surface area contributed by atoms with Crippen LogP contribution in [0.1, 0.15) is 31.4 Å². The smallest absolute Gasteiger partial charge is 0.163 e. The van der Waals surface area contributed by atoms with Gasteiger partial charge in [0, 0.05) is 12.5 Å². The Kier molecular flexibility index (Phi) is 1.77. The lowest BCUT2D eigenvalue weighted by molar-refractivity contribution is 1.05. The maximum atomic E-state index is 4.26. The Morgan fingerprint density at radius 1 is 1.55 bits per heavy atom. The summed E-state index contributed by atoms with van der Waals surface area (Å²) in [6, 6.07) is 0. The van der Waals surface area contributed by atoms with Crippen molar-refractivity contribution in [2.24, 2.45) is 0 Å². The fraction of sp³-hybridized carbons (Fsp3) is 0.714. The van der Waals surface area contributed by atoms with Crippen molar-refractivity contribution >= 4 is 17.5 Å². The van der Waals surface area contributed by atoms with Crippen LogP contribution in [0.15, 0.2) is 0 Å². The maximum Gasteiger partial charge on any atom is 0.163 e. The first-order chi connectivity index (χ1) is 5.42. The third-order valence-corrected chi connectivity index (χ3v) is 2.36. The van der Waals surface area contributed by atoms with E-state index in [1.54, 1.807) is 0 Å². The molecule has 1 aliphatic rings. The first kappa shape index (κ1) is 7.03. The largest absolute Gasteiger partial charge is 0.368 e. The highest BCUT2D eigenvalue weighted by molar-refractivity contribution is 6.99. The minimum absolute atomic E-state index is 0.711. The predicted molar refractivity (Wildman–Crippen MR) is 46.0 cm³/mol. The zero-order valence-corrected chi connectivity index (χ0v) is 7.32. The molecule has 0 unspecified atom stereocenters. The summed E-state index contributed by atoms with van der Waals surface area (Å²) in [5, 5.41) is 3.21. The van der Waals surface area contributed by atoms with Crippen LogP contribution in [0, 0.1) is 0 Å². The van der Waals surface area contributed by atoms with Crippen LogP contribution < -0.4 is 5.32 Å². The van der Waals surface area contributed by atoms with E-state index < -0.39 is 0 Å². The minimum Gasteiger partial charge on any atom is -0.368 e.